The minimum atomic E-state index is -4.57. The molecule has 20 heavy (non-hydrogen) atoms. The van der Waals surface area contributed by atoms with E-state index in [0.29, 0.717) is 23.7 Å². The van der Waals surface area contributed by atoms with Crippen LogP contribution >= 0.6 is 0 Å². The zero-order valence-corrected chi connectivity index (χ0v) is 11.4. The quantitative estimate of drug-likeness (QED) is 0.832. The van der Waals surface area contributed by atoms with Gasteiger partial charge in [0.25, 0.3) is 0 Å². The number of nitrogens with two attached hydrogens (primary N) is 1. The zero-order valence-electron chi connectivity index (χ0n) is 10.5. The maximum Gasteiger partial charge on any atom is 0.402 e. The summed E-state index contributed by atoms with van der Waals surface area (Å²) in [7, 11) is -4.18. The molecule has 0 aliphatic heterocycles. The van der Waals surface area contributed by atoms with Crippen LogP contribution in [0.3, 0.4) is 0 Å². The van der Waals surface area contributed by atoms with Crippen LogP contribution in [0, 0.1) is 0 Å². The molecular weight excluding hydrogens is 297 g/mol. The van der Waals surface area contributed by atoms with Gasteiger partial charge in [0.15, 0.2) is 0 Å². The van der Waals surface area contributed by atoms with Gasteiger partial charge in [0.1, 0.15) is 11.4 Å². The van der Waals surface area contributed by atoms with Gasteiger partial charge in [0.2, 0.25) is 10.0 Å². The molecule has 2 N–H and O–H groups in total. The molecule has 114 valence electrons. The third kappa shape index (κ3) is 3.49. The van der Waals surface area contributed by atoms with Crippen LogP contribution in [0.4, 0.5) is 13.2 Å². The molecule has 0 aromatic carbocycles. The lowest BCUT2D eigenvalue weighted by molar-refractivity contribution is -0.137. The molecule has 2 rings (SSSR count). The standard InChI is InChI=1S/C10H15F3N4O2S/c11-10(12,13)7-17(8-1-2-8)20(18,19)9-5-15-16(6-9)4-3-14/h5-6,8H,1-4,7,14H2. The van der Waals surface area contributed by atoms with Gasteiger partial charge in [-0.25, -0.2) is 8.42 Å². The second-order valence-corrected chi connectivity index (χ2v) is 6.51. The summed E-state index contributed by atoms with van der Waals surface area (Å²) >= 11 is 0. The molecule has 1 heterocycles. The van der Waals surface area contributed by atoms with Gasteiger partial charge in [-0.15, -0.1) is 0 Å². The summed E-state index contributed by atoms with van der Waals surface area (Å²) in [5.74, 6) is 0. The third-order valence-corrected chi connectivity index (χ3v) is 4.71. The van der Waals surface area contributed by atoms with Crippen molar-refractivity contribution in [1.29, 1.82) is 0 Å². The Morgan fingerprint density at radius 3 is 2.60 bits per heavy atom. The molecule has 10 heteroatoms. The average Bonchev–Trinajstić information content (AvgIpc) is 3.04. The number of hydrogen-bond acceptors (Lipinski definition) is 4. The lowest BCUT2D eigenvalue weighted by Crippen LogP contribution is -2.40. The van der Waals surface area contributed by atoms with Crippen LogP contribution in [-0.2, 0) is 16.6 Å². The molecule has 1 aliphatic rings. The molecule has 0 bridgehead atoms. The van der Waals surface area contributed by atoms with Crippen molar-refractivity contribution < 1.29 is 21.6 Å². The van der Waals surface area contributed by atoms with Crippen LogP contribution in [0.1, 0.15) is 12.8 Å². The number of sulfonamides is 1. The summed E-state index contributed by atoms with van der Waals surface area (Å²) in [5, 5.41) is 3.78. The summed E-state index contributed by atoms with van der Waals surface area (Å²) in [4.78, 5) is -0.234. The van der Waals surface area contributed by atoms with E-state index in [2.05, 4.69) is 5.10 Å². The molecule has 1 fully saturated rings. The predicted molar refractivity (Wildman–Crippen MR) is 64.3 cm³/mol. The maximum atomic E-state index is 12.5. The molecule has 0 amide bonds. The fourth-order valence-corrected chi connectivity index (χ4v) is 3.44. The Bertz CT molecular complexity index is 565. The largest absolute Gasteiger partial charge is 0.402 e. The van der Waals surface area contributed by atoms with Crippen LogP contribution < -0.4 is 5.73 Å². The SMILES string of the molecule is NCCn1cc(S(=O)(=O)N(CC(F)(F)F)C2CC2)cn1. The van der Waals surface area contributed by atoms with E-state index < -0.39 is 28.8 Å². The monoisotopic (exact) mass is 312 g/mol. The molecule has 0 radical (unpaired) electrons. The van der Waals surface area contributed by atoms with Crippen molar-refractivity contribution in [2.45, 2.75) is 36.5 Å². The van der Waals surface area contributed by atoms with E-state index in [1.54, 1.807) is 0 Å². The fourth-order valence-electron chi connectivity index (χ4n) is 1.82. The third-order valence-electron chi connectivity index (χ3n) is 2.86. The van der Waals surface area contributed by atoms with Crippen molar-refractivity contribution in [2.75, 3.05) is 13.1 Å². The number of rotatable bonds is 6. The first kappa shape index (κ1) is 15.3. The molecule has 0 unspecified atom stereocenters. The fraction of sp³-hybridized carbons (Fsp3) is 0.700. The van der Waals surface area contributed by atoms with E-state index >= 15 is 0 Å². The summed E-state index contributed by atoms with van der Waals surface area (Å²) in [6.07, 6.45) is -1.41. The Hall–Kier alpha value is -1.13. The summed E-state index contributed by atoms with van der Waals surface area (Å²) in [5.41, 5.74) is 5.31. The smallest absolute Gasteiger partial charge is 0.329 e. The highest BCUT2D eigenvalue weighted by atomic mass is 32.2. The van der Waals surface area contributed by atoms with Crippen molar-refractivity contribution in [3.05, 3.63) is 12.4 Å². The first-order valence-corrected chi connectivity index (χ1v) is 7.49. The molecule has 1 aliphatic carbocycles. The van der Waals surface area contributed by atoms with Crippen molar-refractivity contribution in [3.8, 4) is 0 Å². The normalized spacial score (nSPS) is 16.9. The van der Waals surface area contributed by atoms with Crippen LogP contribution in [0.25, 0.3) is 0 Å². The van der Waals surface area contributed by atoms with Gasteiger partial charge in [-0.3, -0.25) is 4.68 Å². The first-order chi connectivity index (χ1) is 9.24. The van der Waals surface area contributed by atoms with Crippen LogP contribution in [0.2, 0.25) is 0 Å². The maximum absolute atomic E-state index is 12.5. The van der Waals surface area contributed by atoms with E-state index in [4.69, 9.17) is 5.73 Å². The van der Waals surface area contributed by atoms with Crippen LogP contribution in [-0.4, -0.2) is 47.8 Å². The van der Waals surface area contributed by atoms with E-state index in [0.717, 1.165) is 6.20 Å². The summed E-state index contributed by atoms with van der Waals surface area (Å²) in [6.45, 7) is -0.906. The van der Waals surface area contributed by atoms with E-state index in [1.165, 1.54) is 10.9 Å². The summed E-state index contributed by atoms with van der Waals surface area (Å²) < 4.78 is 63.9. The van der Waals surface area contributed by atoms with Crippen molar-refractivity contribution in [3.63, 3.8) is 0 Å². The Labute approximate surface area is 114 Å². The number of nitrogens with zero attached hydrogens (tertiary/aromatic N) is 3. The number of hydrogen-bond donors (Lipinski definition) is 1. The van der Waals surface area contributed by atoms with E-state index in [9.17, 15) is 21.6 Å². The zero-order chi connectivity index (χ0) is 15.0. The number of aromatic nitrogens is 2. The van der Waals surface area contributed by atoms with Gasteiger partial charge in [0, 0.05) is 18.8 Å². The molecule has 1 aromatic rings. The van der Waals surface area contributed by atoms with E-state index in [1.807, 2.05) is 0 Å². The van der Waals surface area contributed by atoms with Crippen LogP contribution in [0.5, 0.6) is 0 Å². The van der Waals surface area contributed by atoms with Gasteiger partial charge in [-0.2, -0.15) is 22.6 Å². The second-order valence-electron chi connectivity index (χ2n) is 4.62. The van der Waals surface area contributed by atoms with Gasteiger partial charge in [-0.05, 0) is 12.8 Å². The number of halogens is 3. The molecule has 0 atom stereocenters. The van der Waals surface area contributed by atoms with Crippen LogP contribution in [0.15, 0.2) is 17.3 Å². The molecular formula is C10H15F3N4O2S. The first-order valence-electron chi connectivity index (χ1n) is 6.05. The minimum Gasteiger partial charge on any atom is -0.329 e. The Morgan fingerprint density at radius 2 is 2.10 bits per heavy atom. The predicted octanol–water partition coefficient (Wildman–Crippen LogP) is 0.557. The van der Waals surface area contributed by atoms with Gasteiger partial charge >= 0.3 is 6.18 Å². The molecule has 6 nitrogen and oxygen atoms in total. The lowest BCUT2D eigenvalue weighted by atomic mass is 10.6. The molecule has 0 saturated heterocycles. The topological polar surface area (TPSA) is 81.2 Å². The van der Waals surface area contributed by atoms with Crippen molar-refractivity contribution >= 4 is 10.0 Å². The Kier molecular flexibility index (Phi) is 4.07. The lowest BCUT2D eigenvalue weighted by Gasteiger charge is -2.22. The van der Waals surface area contributed by atoms with Gasteiger partial charge < -0.3 is 5.73 Å². The highest BCUT2D eigenvalue weighted by molar-refractivity contribution is 7.89. The summed E-state index contributed by atoms with van der Waals surface area (Å²) in [6, 6.07) is -0.570. The average molecular weight is 312 g/mol. The number of alkyl halides is 3. The van der Waals surface area contributed by atoms with Gasteiger partial charge in [0.05, 0.1) is 12.7 Å². The Morgan fingerprint density at radius 1 is 1.45 bits per heavy atom. The molecule has 1 aromatic heterocycles. The van der Waals surface area contributed by atoms with Gasteiger partial charge in [-0.1, -0.05) is 0 Å². The molecule has 1 saturated carbocycles. The van der Waals surface area contributed by atoms with E-state index in [-0.39, 0.29) is 11.4 Å². The second kappa shape index (κ2) is 5.34. The Balaban J connectivity index is 2.25. The highest BCUT2D eigenvalue weighted by Crippen LogP contribution is 2.34. The minimum absolute atomic E-state index is 0.234. The molecule has 0 spiro atoms. The van der Waals surface area contributed by atoms with Crippen molar-refractivity contribution in [1.82, 2.24) is 14.1 Å². The highest BCUT2D eigenvalue weighted by Gasteiger charge is 2.45. The van der Waals surface area contributed by atoms with Crippen molar-refractivity contribution in [2.24, 2.45) is 5.73 Å².